The Labute approximate surface area is 146 Å². The first-order chi connectivity index (χ1) is 11.7. The molecule has 1 heterocycles. The van der Waals surface area contributed by atoms with Gasteiger partial charge in [0.2, 0.25) is 10.0 Å². The zero-order valence-corrected chi connectivity index (χ0v) is 15.1. The highest BCUT2D eigenvalue weighted by Gasteiger charge is 2.37. The van der Waals surface area contributed by atoms with E-state index in [2.05, 4.69) is 6.92 Å². The molecule has 2 atom stereocenters. The van der Waals surface area contributed by atoms with Gasteiger partial charge in [0.25, 0.3) is 5.69 Å². The Bertz CT molecular complexity index is 919. The topological polar surface area (TPSA) is 93.7 Å². The summed E-state index contributed by atoms with van der Waals surface area (Å²) in [5, 5.41) is 11.0. The van der Waals surface area contributed by atoms with Gasteiger partial charge in [0.1, 0.15) is 11.5 Å². The summed E-state index contributed by atoms with van der Waals surface area (Å²) in [5.41, 5.74) is -0.0798. The first kappa shape index (κ1) is 17.6. The van der Waals surface area contributed by atoms with Crippen LogP contribution in [0.5, 0.6) is 0 Å². The van der Waals surface area contributed by atoms with Crippen LogP contribution in [0.3, 0.4) is 0 Å². The second-order valence-electron chi connectivity index (χ2n) is 6.54. The fourth-order valence-corrected chi connectivity index (χ4v) is 4.32. The van der Waals surface area contributed by atoms with Crippen LogP contribution >= 0.6 is 0 Å². The van der Waals surface area contributed by atoms with E-state index >= 15 is 0 Å². The van der Waals surface area contributed by atoms with Crippen molar-refractivity contribution in [2.75, 3.05) is 7.05 Å². The number of nitro groups is 1. The van der Waals surface area contributed by atoms with Gasteiger partial charge in [-0.05, 0) is 37.5 Å². The Kier molecular flexibility index (Phi) is 4.42. The maximum atomic E-state index is 12.8. The molecule has 1 saturated carbocycles. The van der Waals surface area contributed by atoms with E-state index in [4.69, 9.17) is 4.42 Å². The summed E-state index contributed by atoms with van der Waals surface area (Å²) < 4.78 is 32.5. The molecule has 0 amide bonds. The highest BCUT2D eigenvalue weighted by atomic mass is 32.2. The highest BCUT2D eigenvalue weighted by molar-refractivity contribution is 7.89. The molecule has 1 aliphatic carbocycles. The maximum Gasteiger partial charge on any atom is 0.273 e. The molecule has 0 aliphatic heterocycles. The first-order valence-electron chi connectivity index (χ1n) is 8.00. The van der Waals surface area contributed by atoms with Crippen molar-refractivity contribution < 1.29 is 17.8 Å². The molecule has 25 heavy (non-hydrogen) atoms. The van der Waals surface area contributed by atoms with Gasteiger partial charge in [-0.3, -0.25) is 10.1 Å². The number of sulfonamides is 1. The zero-order chi connectivity index (χ0) is 18.4. The summed E-state index contributed by atoms with van der Waals surface area (Å²) >= 11 is 0. The van der Waals surface area contributed by atoms with Gasteiger partial charge < -0.3 is 4.42 Å². The van der Waals surface area contributed by atoms with E-state index in [1.54, 1.807) is 6.07 Å². The number of benzene rings is 1. The number of nitrogens with zero attached hydrogens (tertiary/aromatic N) is 2. The number of hydrogen-bond donors (Lipinski definition) is 0. The normalized spacial score (nSPS) is 20.0. The number of rotatable bonds is 6. The third-order valence-corrected chi connectivity index (χ3v) is 6.62. The van der Waals surface area contributed by atoms with Gasteiger partial charge in [-0.2, -0.15) is 4.31 Å². The number of hydrogen-bond acceptors (Lipinski definition) is 5. The first-order valence-corrected chi connectivity index (χ1v) is 9.44. The van der Waals surface area contributed by atoms with E-state index in [9.17, 15) is 18.5 Å². The van der Waals surface area contributed by atoms with Crippen LogP contribution < -0.4 is 0 Å². The molecule has 0 radical (unpaired) electrons. The van der Waals surface area contributed by atoms with Gasteiger partial charge in [0, 0.05) is 24.6 Å². The van der Waals surface area contributed by atoms with E-state index < -0.39 is 14.9 Å². The number of furan rings is 1. The number of nitro benzene ring substituents is 1. The predicted molar refractivity (Wildman–Crippen MR) is 91.7 cm³/mol. The third-order valence-electron chi connectivity index (χ3n) is 4.68. The highest BCUT2D eigenvalue weighted by Crippen LogP contribution is 2.47. The molecule has 7 nitrogen and oxygen atoms in total. The van der Waals surface area contributed by atoms with E-state index in [1.807, 2.05) is 6.07 Å². The van der Waals surface area contributed by atoms with Crippen molar-refractivity contribution in [3.63, 3.8) is 0 Å². The summed E-state index contributed by atoms with van der Waals surface area (Å²) in [6.45, 7) is 3.67. The summed E-state index contributed by atoms with van der Waals surface area (Å²) in [7, 11) is -2.42. The molecule has 1 aromatic carbocycles. The Morgan fingerprint density at radius 3 is 2.60 bits per heavy atom. The lowest BCUT2D eigenvalue weighted by atomic mass is 10.2. The minimum Gasteiger partial charge on any atom is -0.464 e. The molecular weight excluding hydrogens is 344 g/mol. The van der Waals surface area contributed by atoms with Gasteiger partial charge in [-0.1, -0.05) is 13.0 Å². The van der Waals surface area contributed by atoms with E-state index in [-0.39, 0.29) is 22.7 Å². The predicted octanol–water partition coefficient (Wildman–Crippen LogP) is 3.44. The second kappa shape index (κ2) is 6.27. The molecule has 0 bridgehead atoms. The van der Waals surface area contributed by atoms with Gasteiger partial charge in [-0.25, -0.2) is 8.42 Å². The second-order valence-corrected chi connectivity index (χ2v) is 8.56. The smallest absolute Gasteiger partial charge is 0.273 e. The molecule has 3 rings (SSSR count). The fraction of sp³-hybridized carbons (Fsp3) is 0.412. The van der Waals surface area contributed by atoms with Crippen LogP contribution in [0, 0.1) is 23.0 Å². The lowest BCUT2D eigenvalue weighted by Gasteiger charge is -2.17. The van der Waals surface area contributed by atoms with Crippen molar-refractivity contribution in [1.29, 1.82) is 0 Å². The van der Waals surface area contributed by atoms with Crippen LogP contribution in [0.25, 0.3) is 0 Å². The average molecular weight is 364 g/mol. The van der Waals surface area contributed by atoms with Crippen LogP contribution in [-0.4, -0.2) is 24.7 Å². The average Bonchev–Trinajstić information content (AvgIpc) is 3.09. The Morgan fingerprint density at radius 1 is 1.32 bits per heavy atom. The van der Waals surface area contributed by atoms with Crippen molar-refractivity contribution in [3.8, 4) is 0 Å². The summed E-state index contributed by atoms with van der Waals surface area (Å²) in [4.78, 5) is 10.4. The molecular formula is C17H20N2O5S. The van der Waals surface area contributed by atoms with Gasteiger partial charge >= 0.3 is 0 Å². The summed E-state index contributed by atoms with van der Waals surface area (Å²) in [6, 6.07) is 7.73. The van der Waals surface area contributed by atoms with Crippen molar-refractivity contribution in [2.24, 2.45) is 5.92 Å². The SMILES string of the molecule is Cc1c([N+](=O)[O-])cccc1S(=O)(=O)N(C)Cc1ccc([C@H]2C[C@@H]2C)o1. The van der Waals surface area contributed by atoms with Crippen LogP contribution in [0.2, 0.25) is 0 Å². The Balaban J connectivity index is 1.83. The van der Waals surface area contributed by atoms with Crippen LogP contribution in [0.15, 0.2) is 39.6 Å². The monoisotopic (exact) mass is 364 g/mol. The largest absolute Gasteiger partial charge is 0.464 e. The Morgan fingerprint density at radius 2 is 2.00 bits per heavy atom. The van der Waals surface area contributed by atoms with Crippen molar-refractivity contribution in [2.45, 2.75) is 37.6 Å². The molecule has 0 spiro atoms. The van der Waals surface area contributed by atoms with Crippen LogP contribution in [-0.2, 0) is 16.6 Å². The molecule has 134 valence electrons. The lowest BCUT2D eigenvalue weighted by Crippen LogP contribution is -2.27. The van der Waals surface area contributed by atoms with E-state index in [1.165, 1.54) is 32.2 Å². The quantitative estimate of drug-likeness (QED) is 0.578. The molecule has 2 aromatic rings. The fourth-order valence-electron chi connectivity index (χ4n) is 2.95. The molecule has 1 aromatic heterocycles. The summed E-state index contributed by atoms with van der Waals surface area (Å²) in [5.74, 6) is 2.48. The molecule has 0 unspecified atom stereocenters. The molecule has 0 N–H and O–H groups in total. The minimum atomic E-state index is -3.86. The van der Waals surface area contributed by atoms with Crippen molar-refractivity contribution in [3.05, 3.63) is 57.5 Å². The lowest BCUT2D eigenvalue weighted by molar-refractivity contribution is -0.385. The van der Waals surface area contributed by atoms with Crippen LogP contribution in [0.1, 0.15) is 36.3 Å². The maximum absolute atomic E-state index is 12.8. The summed E-state index contributed by atoms with van der Waals surface area (Å²) in [6.07, 6.45) is 1.09. The van der Waals surface area contributed by atoms with Crippen molar-refractivity contribution >= 4 is 15.7 Å². The standard InChI is InChI=1S/C17H20N2O5S/c1-11-9-14(11)16-8-7-13(24-16)10-18(3)25(22,23)17-6-4-5-15(12(17)2)19(20)21/h4-8,11,14H,9-10H2,1-3H3/t11-,14-/m0/s1. The molecule has 8 heteroatoms. The van der Waals surface area contributed by atoms with Gasteiger partial charge in [0.15, 0.2) is 0 Å². The van der Waals surface area contributed by atoms with Crippen LogP contribution in [0.4, 0.5) is 5.69 Å². The van der Waals surface area contributed by atoms with Gasteiger partial charge in [0.05, 0.1) is 16.4 Å². The molecule has 1 aliphatic rings. The van der Waals surface area contributed by atoms with Gasteiger partial charge in [-0.15, -0.1) is 0 Å². The van der Waals surface area contributed by atoms with E-state index in [0.29, 0.717) is 17.6 Å². The van der Waals surface area contributed by atoms with E-state index in [0.717, 1.165) is 16.5 Å². The Hall–Kier alpha value is -2.19. The minimum absolute atomic E-state index is 0.0632. The third kappa shape index (κ3) is 3.32. The molecule has 0 saturated heterocycles. The van der Waals surface area contributed by atoms with Crippen molar-refractivity contribution in [1.82, 2.24) is 4.31 Å². The molecule has 1 fully saturated rings. The zero-order valence-electron chi connectivity index (χ0n) is 14.3.